The molecule has 0 aromatic rings. The highest BCUT2D eigenvalue weighted by Crippen LogP contribution is 2.64. The van der Waals surface area contributed by atoms with Gasteiger partial charge in [0.1, 0.15) is 8.24 Å². The van der Waals surface area contributed by atoms with Crippen molar-refractivity contribution in [2.75, 3.05) is 0 Å². The molecule has 1 aliphatic rings. The zero-order valence-electron chi connectivity index (χ0n) is 18.8. The highest BCUT2D eigenvalue weighted by molar-refractivity contribution is 7.16. The van der Waals surface area contributed by atoms with Crippen LogP contribution in [0.4, 0.5) is 4.11 Å². The minimum absolute atomic E-state index is 0.0780. The van der Waals surface area contributed by atoms with Crippen LogP contribution in [-0.2, 0) is 0 Å². The van der Waals surface area contributed by atoms with Crippen molar-refractivity contribution >= 4 is 25.4 Å². The molecule has 0 aromatic carbocycles. The molecule has 1 aliphatic heterocycles. The van der Waals surface area contributed by atoms with Crippen molar-refractivity contribution in [3.05, 3.63) is 0 Å². The van der Waals surface area contributed by atoms with Crippen LogP contribution in [0.5, 0.6) is 0 Å². The van der Waals surface area contributed by atoms with Gasteiger partial charge in [0.05, 0.1) is 0 Å². The Morgan fingerprint density at radius 1 is 0.708 bits per heavy atom. The second kappa shape index (κ2) is 5.50. The molecular weight excluding hydrogens is 347 g/mol. The average Bonchev–Trinajstić information content (AvgIpc) is 2.17. The van der Waals surface area contributed by atoms with Gasteiger partial charge in [-0.25, -0.2) is 0 Å². The fourth-order valence-corrected chi connectivity index (χ4v) is 33.5. The lowest BCUT2D eigenvalue weighted by Crippen LogP contribution is -3.02. The summed E-state index contributed by atoms with van der Waals surface area (Å²) in [5, 5.41) is -0.0296. The first kappa shape index (κ1) is 22.5. The van der Waals surface area contributed by atoms with E-state index in [0.29, 0.717) is 0 Å². The smallest absolute Gasteiger partial charge is 0.317 e. The molecule has 1 heterocycles. The number of nitrogens with one attached hydrogen (secondary N) is 1. The van der Waals surface area contributed by atoms with Crippen LogP contribution in [0.3, 0.4) is 0 Å². The Morgan fingerprint density at radius 2 is 1.04 bits per heavy atom. The van der Waals surface area contributed by atoms with Crippen LogP contribution in [0.1, 0.15) is 83.1 Å². The summed E-state index contributed by atoms with van der Waals surface area (Å²) in [6.45, 7) is 32.0. The zero-order valence-corrected chi connectivity index (χ0v) is 21.8. The number of nitrogens with zero attached hydrogens (tertiary/aromatic N) is 1. The van der Waals surface area contributed by atoms with Crippen LogP contribution in [0.25, 0.3) is 0 Å². The van der Waals surface area contributed by atoms with Gasteiger partial charge < -0.3 is 8.54 Å². The summed E-state index contributed by atoms with van der Waals surface area (Å²) in [5.74, 6) is 0. The van der Waals surface area contributed by atoms with Gasteiger partial charge >= 0.3 is 8.73 Å². The summed E-state index contributed by atoms with van der Waals surface area (Å²) in [4.78, 5) is 0. The van der Waals surface area contributed by atoms with E-state index in [4.69, 9.17) is 0 Å². The Hall–Kier alpha value is 0.501. The molecule has 1 fully saturated rings. The molecule has 0 bridgehead atoms. The van der Waals surface area contributed by atoms with E-state index in [0.717, 1.165) is 0 Å². The lowest BCUT2D eigenvalue weighted by molar-refractivity contribution is 0.405. The van der Waals surface area contributed by atoms with E-state index in [1.165, 1.54) is 0 Å². The van der Waals surface area contributed by atoms with Crippen molar-refractivity contribution in [1.82, 2.24) is 8.54 Å². The van der Waals surface area contributed by atoms with Crippen molar-refractivity contribution in [3.63, 3.8) is 0 Å². The third-order valence-corrected chi connectivity index (χ3v) is 28.9. The first-order valence-corrected chi connectivity index (χ1v) is 16.1. The van der Waals surface area contributed by atoms with Gasteiger partial charge in [-0.1, -0.05) is 96.2 Å². The first-order valence-electron chi connectivity index (χ1n) is 9.36. The summed E-state index contributed by atoms with van der Waals surface area (Å²) >= 11 is 0. The van der Waals surface area contributed by atoms with Crippen molar-refractivity contribution in [2.24, 2.45) is 0 Å². The van der Waals surface area contributed by atoms with E-state index in [1.807, 2.05) is 0 Å². The van der Waals surface area contributed by atoms with Crippen LogP contribution in [-0.4, -0.2) is 29.3 Å². The average molecular weight is 391 g/mol. The standard InChI is InChI=1S/C18H43FN2Si3/c1-15(2,3)22(13,14)21-23(16(4,5)6,17(7,8)9)20-24(21,19)18(10,11)12/h20H,1-14H3. The Balaban J connectivity index is 3.78. The molecule has 0 aliphatic carbocycles. The molecule has 2 nitrogen and oxygen atoms in total. The van der Waals surface area contributed by atoms with E-state index in [1.54, 1.807) is 0 Å². The normalized spacial score (nSPS) is 27.1. The maximum Gasteiger partial charge on any atom is 0.386 e. The molecule has 24 heavy (non-hydrogen) atoms. The largest absolute Gasteiger partial charge is 0.386 e. The van der Waals surface area contributed by atoms with E-state index >= 15 is 4.11 Å². The predicted molar refractivity (Wildman–Crippen MR) is 114 cm³/mol. The fraction of sp³-hybridized carbons (Fsp3) is 1.00. The Labute approximate surface area is 154 Å². The molecule has 1 rings (SSSR count). The minimum atomic E-state index is -3.22. The molecule has 0 radical (unpaired) electrons. The van der Waals surface area contributed by atoms with Crippen LogP contribution in [0.2, 0.25) is 33.2 Å². The Kier molecular flexibility index (Phi) is 5.17. The summed E-state index contributed by atoms with van der Waals surface area (Å²) in [5.41, 5.74) is 0. The molecular formula is C18H43FN2Si3. The SMILES string of the molecule is CC(C)(C)[Si](C)(C)N1[Si](F)(C(C)(C)C)N[Si]1(C(C)(C)C)C(C)(C)C. The van der Waals surface area contributed by atoms with Crippen molar-refractivity contribution in [1.29, 1.82) is 0 Å². The third kappa shape index (κ3) is 2.84. The van der Waals surface area contributed by atoms with Gasteiger partial charge in [0.25, 0.3) is 0 Å². The molecule has 1 N–H and O–H groups in total. The van der Waals surface area contributed by atoms with Gasteiger partial charge in [-0.15, -0.1) is 0 Å². The maximum atomic E-state index is 16.7. The predicted octanol–water partition coefficient (Wildman–Crippen LogP) is 6.65. The summed E-state index contributed by atoms with van der Waals surface area (Å²) in [6, 6.07) is 0. The first-order chi connectivity index (χ1) is 10.1. The number of hydrogen-bond acceptors (Lipinski definition) is 2. The Morgan fingerprint density at radius 3 is 1.25 bits per heavy atom. The molecule has 1 atom stereocenters. The minimum Gasteiger partial charge on any atom is -0.317 e. The van der Waals surface area contributed by atoms with Crippen LogP contribution < -0.4 is 4.65 Å². The van der Waals surface area contributed by atoms with Crippen molar-refractivity contribution < 1.29 is 4.11 Å². The monoisotopic (exact) mass is 390 g/mol. The lowest BCUT2D eigenvalue weighted by Gasteiger charge is -2.76. The quantitative estimate of drug-likeness (QED) is 0.398. The van der Waals surface area contributed by atoms with Gasteiger partial charge in [-0.2, -0.15) is 0 Å². The van der Waals surface area contributed by atoms with E-state index < -0.39 is 25.4 Å². The highest BCUT2D eigenvalue weighted by atomic mass is 28.6. The summed E-state index contributed by atoms with van der Waals surface area (Å²) in [7, 11) is -7.46. The second-order valence-electron chi connectivity index (χ2n) is 12.4. The Bertz CT molecular complexity index is 457. The molecule has 1 unspecified atom stereocenters. The molecule has 0 saturated carbocycles. The third-order valence-electron chi connectivity index (χ3n) is 6.55. The molecule has 0 amide bonds. The number of hydrogen-bond donors (Lipinski definition) is 1. The highest BCUT2D eigenvalue weighted by Gasteiger charge is 2.80. The van der Waals surface area contributed by atoms with Crippen LogP contribution >= 0.6 is 0 Å². The van der Waals surface area contributed by atoms with E-state index in [9.17, 15) is 0 Å². The van der Waals surface area contributed by atoms with E-state index in [-0.39, 0.29) is 20.2 Å². The van der Waals surface area contributed by atoms with Gasteiger partial charge in [-0.3, -0.25) is 4.11 Å². The van der Waals surface area contributed by atoms with Crippen LogP contribution in [0, 0.1) is 0 Å². The number of rotatable bonds is 1. The molecule has 0 spiro atoms. The molecule has 0 aromatic heterocycles. The summed E-state index contributed by atoms with van der Waals surface area (Å²) in [6.07, 6.45) is 0. The molecule has 144 valence electrons. The van der Waals surface area contributed by atoms with Gasteiger partial charge in [0, 0.05) is 5.04 Å². The maximum absolute atomic E-state index is 16.7. The summed E-state index contributed by atoms with van der Waals surface area (Å²) < 4.78 is 23.1. The van der Waals surface area contributed by atoms with Crippen LogP contribution in [0.15, 0.2) is 0 Å². The topological polar surface area (TPSA) is 15.3 Å². The lowest BCUT2D eigenvalue weighted by atomic mass is 10.2. The van der Waals surface area contributed by atoms with E-state index in [2.05, 4.69) is 105 Å². The van der Waals surface area contributed by atoms with Crippen molar-refractivity contribution in [2.45, 2.75) is 116 Å². The second-order valence-corrected chi connectivity index (χ2v) is 27.8. The molecule has 6 heteroatoms. The molecule has 1 saturated heterocycles. The van der Waals surface area contributed by atoms with Gasteiger partial charge in [-0.05, 0) is 15.1 Å². The number of halogens is 1. The van der Waals surface area contributed by atoms with Crippen molar-refractivity contribution in [3.8, 4) is 0 Å². The fourth-order valence-electron chi connectivity index (χ4n) is 4.36. The van der Waals surface area contributed by atoms with Gasteiger partial charge in [0.2, 0.25) is 8.40 Å². The zero-order chi connectivity index (χ0) is 19.8. The van der Waals surface area contributed by atoms with Gasteiger partial charge in [0.15, 0.2) is 0 Å².